The molecule has 0 N–H and O–H groups in total. The molecule has 2 saturated heterocycles. The fourth-order valence-electron chi connectivity index (χ4n) is 7.46. The molecule has 3 aromatic rings. The number of ether oxygens (including phenoxy) is 1. The minimum absolute atomic E-state index is 0.00312. The summed E-state index contributed by atoms with van der Waals surface area (Å²) in [5, 5.41) is 0. The van der Waals surface area contributed by atoms with Crippen LogP contribution in [-0.4, -0.2) is 96.7 Å². The SMILES string of the molecule is O=C(c1ccc2n1Cc1ccccc1N(C(=O)c1ccc(C3CCCCC3)cc1)C2)N1CCN(CCN2CCOCC2)CC1. The van der Waals surface area contributed by atoms with Gasteiger partial charge in [-0.05, 0) is 60.2 Å². The lowest BCUT2D eigenvalue weighted by Gasteiger charge is -2.36. The molecule has 44 heavy (non-hydrogen) atoms. The first-order chi connectivity index (χ1) is 21.6. The summed E-state index contributed by atoms with van der Waals surface area (Å²) in [6, 6.07) is 20.5. The van der Waals surface area contributed by atoms with Gasteiger partial charge in [-0.25, -0.2) is 0 Å². The molecule has 3 fully saturated rings. The number of nitrogens with zero attached hydrogens (tertiary/aromatic N) is 5. The molecule has 4 aliphatic rings. The van der Waals surface area contributed by atoms with Gasteiger partial charge in [-0.1, -0.05) is 49.6 Å². The van der Waals surface area contributed by atoms with Gasteiger partial charge in [-0.2, -0.15) is 0 Å². The lowest BCUT2D eigenvalue weighted by Crippen LogP contribution is -2.51. The van der Waals surface area contributed by atoms with Crippen LogP contribution >= 0.6 is 0 Å². The van der Waals surface area contributed by atoms with E-state index < -0.39 is 0 Å². The maximum atomic E-state index is 14.0. The maximum Gasteiger partial charge on any atom is 0.270 e. The van der Waals surface area contributed by atoms with E-state index >= 15 is 0 Å². The van der Waals surface area contributed by atoms with Crippen molar-refractivity contribution in [3.8, 4) is 0 Å². The van der Waals surface area contributed by atoms with Crippen LogP contribution < -0.4 is 4.90 Å². The first kappa shape index (κ1) is 29.3. The number of carbonyl (C=O) groups excluding carboxylic acids is 2. The molecule has 232 valence electrons. The minimum atomic E-state index is 0.00312. The number of piperazine rings is 1. The summed E-state index contributed by atoms with van der Waals surface area (Å²) >= 11 is 0. The molecule has 0 radical (unpaired) electrons. The van der Waals surface area contributed by atoms with Gasteiger partial charge in [0.2, 0.25) is 0 Å². The third-order valence-corrected chi connectivity index (χ3v) is 10.2. The zero-order valence-corrected chi connectivity index (χ0v) is 25.8. The Morgan fingerprint density at radius 1 is 0.705 bits per heavy atom. The highest BCUT2D eigenvalue weighted by molar-refractivity contribution is 6.06. The van der Waals surface area contributed by atoms with Gasteiger partial charge in [-0.15, -0.1) is 0 Å². The van der Waals surface area contributed by atoms with Crippen molar-refractivity contribution in [3.63, 3.8) is 0 Å². The van der Waals surface area contributed by atoms with Crippen molar-refractivity contribution in [1.82, 2.24) is 19.3 Å². The van der Waals surface area contributed by atoms with Crippen molar-refractivity contribution in [2.24, 2.45) is 0 Å². The molecule has 2 aromatic carbocycles. The van der Waals surface area contributed by atoms with Crippen molar-refractivity contribution in [3.05, 3.63) is 88.7 Å². The smallest absolute Gasteiger partial charge is 0.270 e. The fraction of sp³-hybridized carbons (Fsp3) is 0.500. The predicted molar refractivity (Wildman–Crippen MR) is 172 cm³/mol. The van der Waals surface area contributed by atoms with Crippen molar-refractivity contribution < 1.29 is 14.3 Å². The van der Waals surface area contributed by atoms with Crippen molar-refractivity contribution in [1.29, 1.82) is 0 Å². The summed E-state index contributed by atoms with van der Waals surface area (Å²) in [5.74, 6) is 0.701. The van der Waals surface area contributed by atoms with Crippen LogP contribution in [0.5, 0.6) is 0 Å². The van der Waals surface area contributed by atoms with Crippen molar-refractivity contribution in [2.45, 2.75) is 51.1 Å². The quantitative estimate of drug-likeness (QED) is 0.409. The minimum Gasteiger partial charge on any atom is -0.379 e. The number of carbonyl (C=O) groups is 2. The van der Waals surface area contributed by atoms with Gasteiger partial charge in [0, 0.05) is 69.3 Å². The van der Waals surface area contributed by atoms with Gasteiger partial charge in [0.05, 0.1) is 26.3 Å². The highest BCUT2D eigenvalue weighted by atomic mass is 16.5. The Bertz CT molecular complexity index is 1450. The van der Waals surface area contributed by atoms with Crippen LogP contribution in [0.15, 0.2) is 60.7 Å². The Balaban J connectivity index is 1.04. The van der Waals surface area contributed by atoms with E-state index in [1.54, 1.807) is 0 Å². The second-order valence-corrected chi connectivity index (χ2v) is 12.9. The number of amides is 2. The second-order valence-electron chi connectivity index (χ2n) is 12.9. The Morgan fingerprint density at radius 2 is 1.41 bits per heavy atom. The highest BCUT2D eigenvalue weighted by Crippen LogP contribution is 2.34. The normalized spacial score (nSPS) is 20.2. The molecule has 3 aliphatic heterocycles. The molecule has 4 heterocycles. The zero-order valence-electron chi connectivity index (χ0n) is 25.8. The van der Waals surface area contributed by atoms with Gasteiger partial charge < -0.3 is 19.1 Å². The highest BCUT2D eigenvalue weighted by Gasteiger charge is 2.30. The Hall–Kier alpha value is -3.46. The van der Waals surface area contributed by atoms with Crippen molar-refractivity contribution in [2.75, 3.05) is 70.5 Å². The Morgan fingerprint density at radius 3 is 2.16 bits per heavy atom. The van der Waals surface area contributed by atoms with Crippen LogP contribution in [-0.2, 0) is 17.8 Å². The van der Waals surface area contributed by atoms with Crippen molar-refractivity contribution >= 4 is 17.5 Å². The molecular weight excluding hydrogens is 550 g/mol. The number of benzene rings is 2. The molecular formula is C36H45N5O3. The summed E-state index contributed by atoms with van der Waals surface area (Å²) < 4.78 is 7.60. The van der Waals surface area contributed by atoms with E-state index in [0.29, 0.717) is 30.3 Å². The molecule has 8 heteroatoms. The second kappa shape index (κ2) is 13.3. The number of aromatic nitrogens is 1. The first-order valence-corrected chi connectivity index (χ1v) is 16.6. The topological polar surface area (TPSA) is 61.3 Å². The van der Waals surface area contributed by atoms with Crippen LogP contribution in [0, 0.1) is 0 Å². The molecule has 2 amide bonds. The standard InChI is InChI=1S/C36H45N5O3/c42-35(30-12-10-29(11-13-30)28-6-2-1-3-7-28)41-27-32-14-15-34(40(32)26-31-8-4-5-9-33(31)41)36(43)39-20-18-37(19-21-39)16-17-38-22-24-44-25-23-38/h4-5,8-15,28H,1-3,6-7,16-27H2. The van der Waals surface area contributed by atoms with Gasteiger partial charge in [-0.3, -0.25) is 19.4 Å². The lowest BCUT2D eigenvalue weighted by molar-refractivity contribution is 0.0292. The summed E-state index contributed by atoms with van der Waals surface area (Å²) in [7, 11) is 0. The van der Waals surface area contributed by atoms with Crippen LogP contribution in [0.1, 0.15) is 75.7 Å². The summed E-state index contributed by atoms with van der Waals surface area (Å²) in [4.78, 5) is 36.7. The third kappa shape index (κ3) is 6.21. The van der Waals surface area contributed by atoms with Gasteiger partial charge in [0.1, 0.15) is 5.69 Å². The molecule has 0 spiro atoms. The third-order valence-electron chi connectivity index (χ3n) is 10.2. The van der Waals surface area contributed by atoms with E-state index in [4.69, 9.17) is 4.74 Å². The zero-order chi connectivity index (χ0) is 29.9. The summed E-state index contributed by atoms with van der Waals surface area (Å²) in [6.07, 6.45) is 6.42. The van der Waals surface area contributed by atoms with E-state index in [2.05, 4.69) is 32.6 Å². The van der Waals surface area contributed by atoms with Gasteiger partial charge >= 0.3 is 0 Å². The van der Waals surface area contributed by atoms with Crippen LogP contribution in [0.25, 0.3) is 0 Å². The molecule has 1 aromatic heterocycles. The largest absolute Gasteiger partial charge is 0.379 e. The molecule has 0 unspecified atom stereocenters. The maximum absolute atomic E-state index is 14.0. The van der Waals surface area contributed by atoms with Gasteiger partial charge in [0.25, 0.3) is 11.8 Å². The number of anilines is 1. The number of fused-ring (bicyclic) bond motifs is 2. The van der Waals surface area contributed by atoms with Crippen LogP contribution in [0.3, 0.4) is 0 Å². The molecule has 0 atom stereocenters. The molecule has 7 rings (SSSR count). The number of rotatable bonds is 6. The Kier molecular flexibility index (Phi) is 8.82. The molecule has 8 nitrogen and oxygen atoms in total. The average molecular weight is 596 g/mol. The molecule has 1 saturated carbocycles. The van der Waals surface area contributed by atoms with E-state index in [1.165, 1.54) is 37.7 Å². The van der Waals surface area contributed by atoms with E-state index in [0.717, 1.165) is 82.5 Å². The molecule has 1 aliphatic carbocycles. The number of para-hydroxylation sites is 1. The lowest BCUT2D eigenvalue weighted by atomic mass is 9.84. The fourth-order valence-corrected chi connectivity index (χ4v) is 7.46. The number of hydrogen-bond donors (Lipinski definition) is 0. The van der Waals surface area contributed by atoms with E-state index in [1.807, 2.05) is 52.3 Å². The van der Waals surface area contributed by atoms with Crippen LogP contribution in [0.4, 0.5) is 5.69 Å². The first-order valence-electron chi connectivity index (χ1n) is 16.6. The summed E-state index contributed by atoms with van der Waals surface area (Å²) in [5.41, 5.74) is 5.74. The number of hydrogen-bond acceptors (Lipinski definition) is 5. The Labute approximate surface area is 261 Å². The number of morpholine rings is 1. The van der Waals surface area contributed by atoms with E-state index in [9.17, 15) is 9.59 Å². The average Bonchev–Trinajstić information content (AvgIpc) is 3.40. The van der Waals surface area contributed by atoms with Crippen LogP contribution in [0.2, 0.25) is 0 Å². The predicted octanol–water partition coefficient (Wildman–Crippen LogP) is 4.83. The van der Waals surface area contributed by atoms with E-state index in [-0.39, 0.29) is 11.8 Å². The van der Waals surface area contributed by atoms with Gasteiger partial charge in [0.15, 0.2) is 0 Å². The monoisotopic (exact) mass is 595 g/mol. The molecule has 0 bridgehead atoms. The summed E-state index contributed by atoms with van der Waals surface area (Å²) in [6.45, 7) is 10.0.